The number of aliphatic carboxylic acids is 2. The molecule has 0 aromatic heterocycles. The summed E-state index contributed by atoms with van der Waals surface area (Å²) in [6.45, 7) is 4.51. The van der Waals surface area contributed by atoms with Crippen LogP contribution in [0.3, 0.4) is 0 Å². The van der Waals surface area contributed by atoms with E-state index >= 15 is 0 Å². The van der Waals surface area contributed by atoms with Crippen molar-refractivity contribution in [1.29, 1.82) is 0 Å². The minimum absolute atomic E-state index is 0. The number of carbonyl (C=O) groups is 2. The van der Waals surface area contributed by atoms with Gasteiger partial charge in [-0.25, -0.2) is 0 Å². The molecule has 0 aliphatic carbocycles. The number of unbranched alkanes of at least 4 members (excludes halogenated alkanes) is 22. The number of carboxylic acids is 2. The van der Waals surface area contributed by atoms with Crippen molar-refractivity contribution in [3.63, 3.8) is 0 Å². The molecule has 0 atom stereocenters. The van der Waals surface area contributed by atoms with Crippen LogP contribution in [0.4, 0.5) is 0 Å². The number of hydrogen-bond acceptors (Lipinski definition) is 3. The maximum absolute atomic E-state index is 10.3. The van der Waals surface area contributed by atoms with Crippen molar-refractivity contribution < 1.29 is 49.4 Å². The van der Waals surface area contributed by atoms with E-state index in [2.05, 4.69) is 38.2 Å². The van der Waals surface area contributed by atoms with Crippen molar-refractivity contribution in [3.8, 4) is 0 Å². The Hall–Kier alpha value is -0.580. The molecule has 0 spiro atoms. The summed E-state index contributed by atoms with van der Waals surface area (Å²) in [4.78, 5) is 20.5. The van der Waals surface area contributed by atoms with Crippen LogP contribution in [0.25, 0.3) is 0 Å². The molecular formula is C36H67NaO4. The molecule has 0 amide bonds. The predicted molar refractivity (Wildman–Crippen MR) is 172 cm³/mol. The summed E-state index contributed by atoms with van der Waals surface area (Å²) < 4.78 is 0. The molecule has 0 heterocycles. The fourth-order valence-electron chi connectivity index (χ4n) is 4.69. The van der Waals surface area contributed by atoms with E-state index in [9.17, 15) is 14.7 Å². The second-order valence-electron chi connectivity index (χ2n) is 11.4. The Morgan fingerprint density at radius 3 is 1.02 bits per heavy atom. The summed E-state index contributed by atoms with van der Waals surface area (Å²) in [5.74, 6) is -1.58. The first-order valence-electron chi connectivity index (χ1n) is 17.3. The van der Waals surface area contributed by atoms with Crippen LogP contribution in [-0.4, -0.2) is 17.0 Å². The maximum Gasteiger partial charge on any atom is 1.00 e. The minimum Gasteiger partial charge on any atom is -0.550 e. The monoisotopic (exact) mass is 586 g/mol. The summed E-state index contributed by atoms with van der Waals surface area (Å²) in [6.07, 6.45) is 42.1. The van der Waals surface area contributed by atoms with Gasteiger partial charge in [0.1, 0.15) is 0 Å². The molecule has 0 aromatic rings. The Bertz CT molecular complexity index is 524. The van der Waals surface area contributed by atoms with Gasteiger partial charge in [0.05, 0.1) is 0 Å². The Kier molecular flexibility index (Phi) is 45.5. The van der Waals surface area contributed by atoms with Crippen molar-refractivity contribution in [1.82, 2.24) is 0 Å². The van der Waals surface area contributed by atoms with Crippen LogP contribution in [-0.2, 0) is 9.59 Å². The summed E-state index contributed by atoms with van der Waals surface area (Å²) in [6, 6.07) is 0. The molecule has 4 nitrogen and oxygen atoms in total. The molecule has 0 rings (SSSR count). The van der Waals surface area contributed by atoms with E-state index in [0.717, 1.165) is 32.1 Å². The van der Waals surface area contributed by atoms with Crippen LogP contribution in [0.15, 0.2) is 24.3 Å². The van der Waals surface area contributed by atoms with Gasteiger partial charge >= 0.3 is 35.5 Å². The van der Waals surface area contributed by atoms with E-state index in [1.165, 1.54) is 135 Å². The van der Waals surface area contributed by atoms with Gasteiger partial charge in [0, 0.05) is 12.4 Å². The molecule has 41 heavy (non-hydrogen) atoms. The molecular weight excluding hydrogens is 519 g/mol. The molecule has 0 bridgehead atoms. The van der Waals surface area contributed by atoms with E-state index in [1.807, 2.05) is 0 Å². The smallest absolute Gasteiger partial charge is 0.550 e. The van der Waals surface area contributed by atoms with E-state index < -0.39 is 11.9 Å². The normalized spacial score (nSPS) is 11.0. The van der Waals surface area contributed by atoms with Gasteiger partial charge < -0.3 is 15.0 Å². The largest absolute Gasteiger partial charge is 1.00 e. The molecule has 236 valence electrons. The van der Waals surface area contributed by atoms with Gasteiger partial charge in [-0.1, -0.05) is 141 Å². The number of carbonyl (C=O) groups excluding carboxylic acids is 1. The zero-order chi connectivity index (χ0) is 29.8. The first kappa shape index (κ1) is 44.9. The van der Waals surface area contributed by atoms with Crippen LogP contribution in [0.2, 0.25) is 0 Å². The van der Waals surface area contributed by atoms with Crippen LogP contribution in [0, 0.1) is 0 Å². The third kappa shape index (κ3) is 49.4. The van der Waals surface area contributed by atoms with Crippen molar-refractivity contribution in [2.75, 3.05) is 0 Å². The van der Waals surface area contributed by atoms with Crippen molar-refractivity contribution in [2.24, 2.45) is 0 Å². The standard InChI is InChI=1S/2C18H34O2.Na/c2*1-2-3-4-5-6-7-8-9-10-11-12-13-14-15-16-17-18(19)20;/h2*9-10H,2-8,11-17H2,1H3,(H,19,20);/q;;+1/p-1/b2*10-9-;. The fraction of sp³-hybridized carbons (Fsp3) is 0.833. The summed E-state index contributed by atoms with van der Waals surface area (Å²) in [5, 5.41) is 18.7. The predicted octanol–water partition coefficient (Wildman–Crippen LogP) is 7.89. The zero-order valence-electron chi connectivity index (χ0n) is 27.8. The molecule has 0 aromatic carbocycles. The average Bonchev–Trinajstić information content (AvgIpc) is 2.93. The first-order valence-corrected chi connectivity index (χ1v) is 17.3. The first-order chi connectivity index (χ1) is 19.5. The second kappa shape index (κ2) is 41.6. The van der Waals surface area contributed by atoms with E-state index in [4.69, 9.17) is 5.11 Å². The molecule has 0 saturated carbocycles. The summed E-state index contributed by atoms with van der Waals surface area (Å²) in [7, 11) is 0. The fourth-order valence-corrected chi connectivity index (χ4v) is 4.69. The van der Waals surface area contributed by atoms with Crippen LogP contribution < -0.4 is 34.7 Å². The number of hydrogen-bond donors (Lipinski definition) is 1. The summed E-state index contributed by atoms with van der Waals surface area (Å²) in [5.41, 5.74) is 0. The van der Waals surface area contributed by atoms with E-state index in [0.29, 0.717) is 6.42 Å². The number of rotatable bonds is 30. The topological polar surface area (TPSA) is 77.4 Å². The van der Waals surface area contributed by atoms with Gasteiger partial charge in [0.2, 0.25) is 0 Å². The average molecular weight is 587 g/mol. The maximum atomic E-state index is 10.3. The molecule has 0 fully saturated rings. The number of carboxylic acid groups (broad SMARTS) is 2. The Morgan fingerprint density at radius 2 is 0.732 bits per heavy atom. The van der Waals surface area contributed by atoms with Crippen LogP contribution in [0.5, 0.6) is 0 Å². The summed E-state index contributed by atoms with van der Waals surface area (Å²) >= 11 is 0. The molecule has 1 N–H and O–H groups in total. The molecule has 5 heteroatoms. The molecule has 0 aliphatic rings. The Labute approximate surface area is 277 Å². The van der Waals surface area contributed by atoms with Gasteiger partial charge in [-0.3, -0.25) is 4.79 Å². The van der Waals surface area contributed by atoms with Gasteiger partial charge in [-0.15, -0.1) is 0 Å². The number of allylic oxidation sites excluding steroid dienone is 4. The third-order valence-corrected chi connectivity index (χ3v) is 7.30. The van der Waals surface area contributed by atoms with Crippen molar-refractivity contribution >= 4 is 11.9 Å². The quantitative estimate of drug-likeness (QED) is 0.0527. The SMILES string of the molecule is CCCCCCCC/C=C\CCCCCCCC(=O)O.CCCCCCCC/C=C\CCCCCCCC(=O)[O-].[Na+]. The third-order valence-electron chi connectivity index (χ3n) is 7.30. The van der Waals surface area contributed by atoms with E-state index in [1.54, 1.807) is 0 Å². The van der Waals surface area contributed by atoms with Gasteiger partial charge in [0.15, 0.2) is 0 Å². The van der Waals surface area contributed by atoms with E-state index in [-0.39, 0.29) is 36.0 Å². The molecule has 0 aliphatic heterocycles. The second-order valence-corrected chi connectivity index (χ2v) is 11.4. The van der Waals surface area contributed by atoms with Crippen molar-refractivity contribution in [3.05, 3.63) is 24.3 Å². The van der Waals surface area contributed by atoms with Crippen LogP contribution >= 0.6 is 0 Å². The molecule has 0 saturated heterocycles. The van der Waals surface area contributed by atoms with Crippen molar-refractivity contribution in [2.45, 2.75) is 194 Å². The Balaban J connectivity index is -0.000000688. The van der Waals surface area contributed by atoms with Gasteiger partial charge in [-0.05, 0) is 70.6 Å². The zero-order valence-corrected chi connectivity index (χ0v) is 29.8. The molecule has 0 radical (unpaired) electrons. The van der Waals surface area contributed by atoms with Crippen LogP contribution in [0.1, 0.15) is 194 Å². The molecule has 0 unspecified atom stereocenters. The minimum atomic E-state index is -0.914. The van der Waals surface area contributed by atoms with Gasteiger partial charge in [-0.2, -0.15) is 0 Å². The van der Waals surface area contributed by atoms with Gasteiger partial charge in [0.25, 0.3) is 0 Å². The Morgan fingerprint density at radius 1 is 0.463 bits per heavy atom.